The number of unbranched alkanes of at least 4 members (excludes halogenated alkanes) is 3. The molecule has 0 bridgehead atoms. The quantitative estimate of drug-likeness (QED) is 0.215. The average Bonchev–Trinajstić information content (AvgIpc) is 2.76. The van der Waals surface area contributed by atoms with E-state index in [1.54, 1.807) is 36.4 Å². The Labute approximate surface area is 172 Å². The molecule has 0 aromatic heterocycles. The fourth-order valence-electron chi connectivity index (χ4n) is 2.63. The molecule has 0 aliphatic carbocycles. The second-order valence-corrected chi connectivity index (χ2v) is 6.55. The fraction of sp³-hybridized carbons (Fsp3) is 0.333. The number of rotatable bonds is 12. The molecule has 2 aromatic rings. The Kier molecular flexibility index (Phi) is 9.49. The summed E-state index contributed by atoms with van der Waals surface area (Å²) in [7, 11) is 0. The molecule has 0 saturated heterocycles. The molecule has 5 heteroatoms. The molecule has 5 nitrogen and oxygen atoms in total. The summed E-state index contributed by atoms with van der Waals surface area (Å²) < 4.78 is 16.0. The molecular weight excluding hydrogens is 368 g/mol. The van der Waals surface area contributed by atoms with Gasteiger partial charge in [0.2, 0.25) is 0 Å². The predicted octanol–water partition coefficient (Wildman–Crippen LogP) is 5.14. The van der Waals surface area contributed by atoms with Crippen LogP contribution in [0.15, 0.2) is 61.2 Å². The van der Waals surface area contributed by atoms with Crippen molar-refractivity contribution in [2.45, 2.75) is 39.0 Å². The second-order valence-electron chi connectivity index (χ2n) is 6.55. The smallest absolute Gasteiger partial charge is 0.343 e. The highest BCUT2D eigenvalue weighted by Gasteiger charge is 2.09. The van der Waals surface area contributed by atoms with Gasteiger partial charge in [0.05, 0.1) is 18.8 Å². The molecule has 0 radical (unpaired) electrons. The van der Waals surface area contributed by atoms with Crippen LogP contribution in [0.5, 0.6) is 11.5 Å². The minimum absolute atomic E-state index is 0.380. The number of hydrogen-bond acceptors (Lipinski definition) is 5. The van der Waals surface area contributed by atoms with Crippen LogP contribution in [0.4, 0.5) is 0 Å². The van der Waals surface area contributed by atoms with E-state index >= 15 is 0 Å². The Morgan fingerprint density at radius 2 is 1.48 bits per heavy atom. The van der Waals surface area contributed by atoms with E-state index in [4.69, 9.17) is 14.2 Å². The predicted molar refractivity (Wildman–Crippen MR) is 112 cm³/mol. The van der Waals surface area contributed by atoms with Crippen LogP contribution in [0.3, 0.4) is 0 Å². The van der Waals surface area contributed by atoms with Crippen molar-refractivity contribution in [2.75, 3.05) is 13.2 Å². The van der Waals surface area contributed by atoms with Gasteiger partial charge in [-0.05, 0) is 74.1 Å². The molecule has 0 spiro atoms. The van der Waals surface area contributed by atoms with Crippen molar-refractivity contribution < 1.29 is 23.8 Å². The van der Waals surface area contributed by atoms with Crippen LogP contribution < -0.4 is 9.47 Å². The second kappa shape index (κ2) is 12.4. The summed E-state index contributed by atoms with van der Waals surface area (Å²) >= 11 is 0. The van der Waals surface area contributed by atoms with Gasteiger partial charge in [0, 0.05) is 6.08 Å². The molecule has 0 unspecified atom stereocenters. The number of hydrogen-bond donors (Lipinski definition) is 0. The van der Waals surface area contributed by atoms with Crippen LogP contribution in [-0.2, 0) is 16.0 Å². The largest absolute Gasteiger partial charge is 0.494 e. The lowest BCUT2D eigenvalue weighted by molar-refractivity contribution is -0.137. The number of aryl methyl sites for hydroxylation is 1. The minimum atomic E-state index is -0.391. The van der Waals surface area contributed by atoms with E-state index in [9.17, 15) is 9.59 Å². The topological polar surface area (TPSA) is 61.8 Å². The van der Waals surface area contributed by atoms with Crippen LogP contribution in [0.2, 0.25) is 0 Å². The fourth-order valence-corrected chi connectivity index (χ4v) is 2.63. The van der Waals surface area contributed by atoms with E-state index in [0.717, 1.165) is 32.1 Å². The van der Waals surface area contributed by atoms with Crippen LogP contribution in [0, 0.1) is 0 Å². The van der Waals surface area contributed by atoms with Crippen molar-refractivity contribution in [1.29, 1.82) is 0 Å². The Bertz CT molecular complexity index is 778. The van der Waals surface area contributed by atoms with E-state index in [1.165, 1.54) is 11.6 Å². The summed E-state index contributed by atoms with van der Waals surface area (Å²) in [6.07, 6.45) is 5.82. The Balaban J connectivity index is 1.65. The maximum absolute atomic E-state index is 12.2. The zero-order chi connectivity index (χ0) is 20.9. The highest BCUT2D eigenvalue weighted by atomic mass is 16.5. The third-order valence-corrected chi connectivity index (χ3v) is 4.35. The zero-order valence-corrected chi connectivity index (χ0v) is 16.9. The molecule has 0 atom stereocenters. The van der Waals surface area contributed by atoms with E-state index < -0.39 is 5.97 Å². The molecule has 0 saturated carbocycles. The van der Waals surface area contributed by atoms with Gasteiger partial charge in [-0.3, -0.25) is 0 Å². The highest BCUT2D eigenvalue weighted by molar-refractivity contribution is 5.91. The summed E-state index contributed by atoms with van der Waals surface area (Å²) in [4.78, 5) is 23.1. The molecule has 154 valence electrons. The van der Waals surface area contributed by atoms with Crippen molar-refractivity contribution in [3.05, 3.63) is 72.3 Å². The first-order chi connectivity index (χ1) is 14.1. The Morgan fingerprint density at radius 1 is 0.862 bits per heavy atom. The number of esters is 2. The summed E-state index contributed by atoms with van der Waals surface area (Å²) in [5, 5.41) is 0. The maximum Gasteiger partial charge on any atom is 0.343 e. The van der Waals surface area contributed by atoms with Gasteiger partial charge in [-0.15, -0.1) is 0 Å². The average molecular weight is 396 g/mol. The van der Waals surface area contributed by atoms with Crippen molar-refractivity contribution >= 4 is 11.9 Å². The molecule has 0 amide bonds. The molecule has 0 N–H and O–H groups in total. The minimum Gasteiger partial charge on any atom is -0.494 e. The molecule has 0 fully saturated rings. The van der Waals surface area contributed by atoms with Gasteiger partial charge in [-0.2, -0.15) is 0 Å². The van der Waals surface area contributed by atoms with Gasteiger partial charge in [-0.1, -0.05) is 25.6 Å². The van der Waals surface area contributed by atoms with E-state index in [0.29, 0.717) is 30.3 Å². The van der Waals surface area contributed by atoms with E-state index in [1.807, 2.05) is 12.1 Å². The van der Waals surface area contributed by atoms with Gasteiger partial charge in [0.25, 0.3) is 0 Å². The number of carbonyl (C=O) groups excluding carboxylic acids is 2. The summed E-state index contributed by atoms with van der Waals surface area (Å²) in [5.41, 5.74) is 1.67. The van der Waals surface area contributed by atoms with Gasteiger partial charge < -0.3 is 14.2 Å². The van der Waals surface area contributed by atoms with Crippen molar-refractivity contribution in [3.8, 4) is 11.5 Å². The lowest BCUT2D eigenvalue weighted by atomic mass is 10.2. The standard InChI is InChI=1S/C24H28O5/c1-3-19-9-13-22(14-10-19)29-24(26)20-11-15-21(16-12-20)27-17-7-5-6-8-18-28-23(25)4-2/h4,9-16H,2-3,5-8,17-18H2,1H3. The first-order valence-corrected chi connectivity index (χ1v) is 9.95. The Hall–Kier alpha value is -3.08. The lowest BCUT2D eigenvalue weighted by Gasteiger charge is -2.08. The number of ether oxygens (including phenoxy) is 3. The maximum atomic E-state index is 12.2. The van der Waals surface area contributed by atoms with Gasteiger partial charge in [0.15, 0.2) is 0 Å². The molecule has 0 heterocycles. The summed E-state index contributed by atoms with van der Waals surface area (Å²) in [6.45, 7) is 6.45. The van der Waals surface area contributed by atoms with Gasteiger partial charge >= 0.3 is 11.9 Å². The van der Waals surface area contributed by atoms with Gasteiger partial charge in [-0.25, -0.2) is 9.59 Å². The molecule has 0 aliphatic rings. The van der Waals surface area contributed by atoms with Crippen molar-refractivity contribution in [3.63, 3.8) is 0 Å². The third kappa shape index (κ3) is 8.21. The van der Waals surface area contributed by atoms with Crippen LogP contribution in [0.25, 0.3) is 0 Å². The number of benzene rings is 2. The monoisotopic (exact) mass is 396 g/mol. The Morgan fingerprint density at radius 3 is 2.10 bits per heavy atom. The normalized spacial score (nSPS) is 10.2. The summed E-state index contributed by atoms with van der Waals surface area (Å²) in [6, 6.07) is 14.4. The van der Waals surface area contributed by atoms with Crippen LogP contribution >= 0.6 is 0 Å². The highest BCUT2D eigenvalue weighted by Crippen LogP contribution is 2.17. The van der Waals surface area contributed by atoms with Crippen LogP contribution in [-0.4, -0.2) is 25.2 Å². The molecule has 0 aliphatic heterocycles. The zero-order valence-electron chi connectivity index (χ0n) is 16.9. The van der Waals surface area contributed by atoms with E-state index in [2.05, 4.69) is 13.5 Å². The third-order valence-electron chi connectivity index (χ3n) is 4.35. The van der Waals surface area contributed by atoms with Crippen molar-refractivity contribution in [1.82, 2.24) is 0 Å². The first-order valence-electron chi connectivity index (χ1n) is 9.95. The molecule has 2 aromatic carbocycles. The van der Waals surface area contributed by atoms with E-state index in [-0.39, 0.29) is 5.97 Å². The summed E-state index contributed by atoms with van der Waals surface area (Å²) in [5.74, 6) is 0.480. The van der Waals surface area contributed by atoms with Crippen molar-refractivity contribution in [2.24, 2.45) is 0 Å². The lowest BCUT2D eigenvalue weighted by Crippen LogP contribution is -2.08. The first kappa shape index (κ1) is 22.2. The number of carbonyl (C=O) groups is 2. The molecule has 29 heavy (non-hydrogen) atoms. The van der Waals surface area contributed by atoms with Gasteiger partial charge in [0.1, 0.15) is 11.5 Å². The molecule has 2 rings (SSSR count). The molecular formula is C24H28O5. The van der Waals surface area contributed by atoms with Crippen LogP contribution in [0.1, 0.15) is 48.5 Å². The SMILES string of the molecule is C=CC(=O)OCCCCCCOc1ccc(C(=O)Oc2ccc(CC)cc2)cc1.